The van der Waals surface area contributed by atoms with Gasteiger partial charge in [-0.3, -0.25) is 0 Å². The van der Waals surface area contributed by atoms with Crippen molar-refractivity contribution < 1.29 is 0 Å². The van der Waals surface area contributed by atoms with Crippen LogP contribution in [0.1, 0.15) is 0 Å². The number of hydrogen-bond acceptors (Lipinski definition) is 0. The maximum absolute atomic E-state index is 3.48. The van der Waals surface area contributed by atoms with Gasteiger partial charge in [0, 0.05) is 0 Å². The Morgan fingerprint density at radius 2 is 1.44 bits per heavy atom. The van der Waals surface area contributed by atoms with Crippen LogP contribution >= 0.6 is 15.9 Å². The van der Waals surface area contributed by atoms with Gasteiger partial charge in [0.2, 0.25) is 0 Å². The van der Waals surface area contributed by atoms with Crippen molar-refractivity contribution >= 4 is 50.6 Å². The van der Waals surface area contributed by atoms with E-state index in [2.05, 4.69) is 82.7 Å². The molecule has 3 rings (SSSR count). The topological polar surface area (TPSA) is 0 Å². The summed E-state index contributed by atoms with van der Waals surface area (Å²) in [6.45, 7) is 0. The number of rotatable bonds is 2. The first-order chi connectivity index (χ1) is 8.83. The van der Waals surface area contributed by atoms with E-state index in [1.807, 2.05) is 0 Å². The van der Waals surface area contributed by atoms with Gasteiger partial charge in [0.25, 0.3) is 0 Å². The van der Waals surface area contributed by atoms with Gasteiger partial charge in [-0.1, -0.05) is 0 Å². The minimum atomic E-state index is 0.363. The summed E-state index contributed by atoms with van der Waals surface area (Å²) in [6, 6.07) is 23.8. The second-order valence-electron chi connectivity index (χ2n) is 4.03. The van der Waals surface area contributed by atoms with Crippen LogP contribution in [0.3, 0.4) is 0 Å². The third-order valence-corrected chi connectivity index (χ3v) is 5.59. The van der Waals surface area contributed by atoms with E-state index in [4.69, 9.17) is 0 Å². The van der Waals surface area contributed by atoms with E-state index < -0.39 is 0 Å². The van der Waals surface area contributed by atoms with Crippen LogP contribution in [0.4, 0.5) is 0 Å². The fourth-order valence-corrected chi connectivity index (χ4v) is 4.21. The molecule has 0 heterocycles. The molecule has 0 N–H and O–H groups in total. The average Bonchev–Trinajstić information content (AvgIpc) is 2.42. The molecule has 0 saturated heterocycles. The van der Waals surface area contributed by atoms with Crippen LogP contribution in [0, 0.1) is 0 Å². The van der Waals surface area contributed by atoms with E-state index in [1.54, 1.807) is 0 Å². The molecule has 88 valence electrons. The van der Waals surface area contributed by atoms with Gasteiger partial charge in [-0.05, 0) is 0 Å². The summed E-state index contributed by atoms with van der Waals surface area (Å²) in [6.07, 6.45) is 0. The Kier molecular flexibility index (Phi) is 3.51. The quantitative estimate of drug-likeness (QED) is 0.614. The normalized spacial score (nSPS) is 10.7. The van der Waals surface area contributed by atoms with Crippen molar-refractivity contribution in [1.82, 2.24) is 0 Å². The van der Waals surface area contributed by atoms with Gasteiger partial charge in [-0.25, -0.2) is 0 Å². The van der Waals surface area contributed by atoms with Gasteiger partial charge in [0.1, 0.15) is 0 Å². The van der Waals surface area contributed by atoms with Crippen molar-refractivity contribution in [1.29, 1.82) is 0 Å². The van der Waals surface area contributed by atoms with Crippen molar-refractivity contribution in [2.24, 2.45) is 0 Å². The van der Waals surface area contributed by atoms with Crippen molar-refractivity contribution in [2.45, 2.75) is 0 Å². The zero-order valence-electron chi connectivity index (χ0n) is 9.64. The van der Waals surface area contributed by atoms with Crippen molar-refractivity contribution in [3.05, 3.63) is 71.2 Å². The van der Waals surface area contributed by atoms with E-state index >= 15 is 0 Å². The SMILES string of the molecule is Brc1ccc([Se]c2cccc3ccccc23)cc1. The Bertz CT molecular complexity index is 669. The molecule has 0 fully saturated rings. The predicted molar refractivity (Wildman–Crippen MR) is 83.1 cm³/mol. The van der Waals surface area contributed by atoms with Crippen LogP contribution in [0.5, 0.6) is 0 Å². The molecule has 0 aliphatic carbocycles. The van der Waals surface area contributed by atoms with E-state index in [9.17, 15) is 0 Å². The van der Waals surface area contributed by atoms with Crippen molar-refractivity contribution in [3.8, 4) is 0 Å². The molecule has 0 aromatic heterocycles. The summed E-state index contributed by atoms with van der Waals surface area (Å²) in [5.41, 5.74) is 0. The third-order valence-electron chi connectivity index (χ3n) is 2.79. The van der Waals surface area contributed by atoms with E-state index in [1.165, 1.54) is 19.7 Å². The Morgan fingerprint density at radius 3 is 2.28 bits per heavy atom. The van der Waals surface area contributed by atoms with E-state index in [0.29, 0.717) is 15.0 Å². The molecule has 18 heavy (non-hydrogen) atoms. The summed E-state index contributed by atoms with van der Waals surface area (Å²) in [5, 5.41) is 2.71. The van der Waals surface area contributed by atoms with Crippen LogP contribution in [0.15, 0.2) is 71.2 Å². The zero-order chi connectivity index (χ0) is 12.4. The van der Waals surface area contributed by atoms with Crippen LogP contribution in [-0.2, 0) is 0 Å². The van der Waals surface area contributed by atoms with Crippen LogP contribution in [-0.4, -0.2) is 15.0 Å². The van der Waals surface area contributed by atoms with E-state index in [-0.39, 0.29) is 0 Å². The molecule has 0 radical (unpaired) electrons. The Hall–Kier alpha value is -1.08. The Labute approximate surface area is 121 Å². The van der Waals surface area contributed by atoms with Gasteiger partial charge >= 0.3 is 122 Å². The standard InChI is InChI=1S/C16H11BrSe/c17-13-8-10-14(11-9-13)18-16-7-3-5-12-4-1-2-6-15(12)16/h1-11H. The van der Waals surface area contributed by atoms with E-state index in [0.717, 1.165) is 4.47 Å². The summed E-state index contributed by atoms with van der Waals surface area (Å²) in [5.74, 6) is 0. The van der Waals surface area contributed by atoms with Gasteiger partial charge in [0.15, 0.2) is 0 Å². The summed E-state index contributed by atoms with van der Waals surface area (Å²) in [7, 11) is 0. The molecule has 0 bridgehead atoms. The summed E-state index contributed by atoms with van der Waals surface area (Å²) in [4.78, 5) is 0. The molecular formula is C16H11BrSe. The number of halogens is 1. The molecule has 0 atom stereocenters. The van der Waals surface area contributed by atoms with Gasteiger partial charge in [0.05, 0.1) is 0 Å². The summed E-state index contributed by atoms with van der Waals surface area (Å²) < 4.78 is 3.99. The third kappa shape index (κ3) is 2.51. The average molecular weight is 362 g/mol. The van der Waals surface area contributed by atoms with Crippen LogP contribution in [0.25, 0.3) is 10.8 Å². The van der Waals surface area contributed by atoms with Gasteiger partial charge in [-0.15, -0.1) is 0 Å². The first-order valence-electron chi connectivity index (χ1n) is 5.74. The molecule has 0 nitrogen and oxygen atoms in total. The molecule has 0 spiro atoms. The van der Waals surface area contributed by atoms with Crippen LogP contribution in [0.2, 0.25) is 0 Å². The first kappa shape index (κ1) is 12.0. The molecule has 0 unspecified atom stereocenters. The first-order valence-corrected chi connectivity index (χ1v) is 8.25. The molecule has 3 aromatic rings. The van der Waals surface area contributed by atoms with Crippen molar-refractivity contribution in [2.75, 3.05) is 0 Å². The number of hydrogen-bond donors (Lipinski definition) is 0. The molecule has 2 heteroatoms. The molecule has 0 amide bonds. The Balaban J connectivity index is 2.02. The van der Waals surface area contributed by atoms with Gasteiger partial charge in [-0.2, -0.15) is 0 Å². The fourth-order valence-electron chi connectivity index (χ4n) is 1.91. The van der Waals surface area contributed by atoms with Crippen LogP contribution < -0.4 is 8.92 Å². The molecule has 0 aliphatic rings. The predicted octanol–water partition coefficient (Wildman–Crippen LogP) is 3.26. The fraction of sp³-hybridized carbons (Fsp3) is 0. The number of benzene rings is 3. The summed E-state index contributed by atoms with van der Waals surface area (Å²) >= 11 is 3.84. The Morgan fingerprint density at radius 1 is 0.722 bits per heavy atom. The zero-order valence-corrected chi connectivity index (χ0v) is 12.9. The molecule has 0 aliphatic heterocycles. The maximum atomic E-state index is 3.48. The molecular weight excluding hydrogens is 351 g/mol. The number of fused-ring (bicyclic) bond motifs is 1. The second-order valence-corrected chi connectivity index (χ2v) is 7.29. The molecule has 0 saturated carbocycles. The minimum absolute atomic E-state index is 0.363. The monoisotopic (exact) mass is 362 g/mol. The van der Waals surface area contributed by atoms with Gasteiger partial charge < -0.3 is 0 Å². The second kappa shape index (κ2) is 5.27. The molecule has 3 aromatic carbocycles. The van der Waals surface area contributed by atoms with Crippen molar-refractivity contribution in [3.63, 3.8) is 0 Å².